The standard InChI is InChI=1S/C12H23NO5/c1-13(11(14)9-18-8-7-16-2)10-12(15)3-5-17-6-4-12/h15H,3-10H2,1-2H3. The van der Waals surface area contributed by atoms with Crippen LogP contribution < -0.4 is 0 Å². The quantitative estimate of drug-likeness (QED) is 0.634. The highest BCUT2D eigenvalue weighted by Crippen LogP contribution is 2.21. The van der Waals surface area contributed by atoms with E-state index in [-0.39, 0.29) is 12.5 Å². The number of aliphatic hydroxyl groups is 1. The Morgan fingerprint density at radius 3 is 2.67 bits per heavy atom. The van der Waals surface area contributed by atoms with Crippen LogP contribution in [0.2, 0.25) is 0 Å². The molecule has 0 radical (unpaired) electrons. The molecule has 1 fully saturated rings. The Morgan fingerprint density at radius 1 is 1.39 bits per heavy atom. The van der Waals surface area contributed by atoms with Gasteiger partial charge in [0.2, 0.25) is 5.91 Å². The summed E-state index contributed by atoms with van der Waals surface area (Å²) in [6.07, 6.45) is 1.13. The maximum absolute atomic E-state index is 11.7. The number of methoxy groups -OCH3 is 1. The summed E-state index contributed by atoms with van der Waals surface area (Å²) in [5.41, 5.74) is -0.824. The van der Waals surface area contributed by atoms with Crippen LogP contribution in [0, 0.1) is 0 Å². The summed E-state index contributed by atoms with van der Waals surface area (Å²) in [6, 6.07) is 0. The highest BCUT2D eigenvalue weighted by Gasteiger charge is 2.32. The number of hydrogen-bond acceptors (Lipinski definition) is 5. The second-order valence-electron chi connectivity index (χ2n) is 4.63. The number of carbonyl (C=O) groups excluding carboxylic acids is 1. The Labute approximate surface area is 108 Å². The normalized spacial score (nSPS) is 18.6. The number of nitrogens with zero attached hydrogens (tertiary/aromatic N) is 1. The van der Waals surface area contributed by atoms with Crippen LogP contribution in [0.3, 0.4) is 0 Å². The molecule has 0 aromatic heterocycles. The lowest BCUT2D eigenvalue weighted by molar-refractivity contribution is -0.141. The molecule has 0 saturated carbocycles. The summed E-state index contributed by atoms with van der Waals surface area (Å²) < 4.78 is 15.2. The Morgan fingerprint density at radius 2 is 2.06 bits per heavy atom. The molecule has 0 aliphatic carbocycles. The van der Waals surface area contributed by atoms with E-state index < -0.39 is 5.60 Å². The second-order valence-corrected chi connectivity index (χ2v) is 4.63. The van der Waals surface area contributed by atoms with Gasteiger partial charge in [-0.05, 0) is 0 Å². The molecule has 1 rings (SSSR count). The zero-order valence-corrected chi connectivity index (χ0v) is 11.2. The molecule has 0 unspecified atom stereocenters. The first-order chi connectivity index (χ1) is 8.57. The molecule has 18 heavy (non-hydrogen) atoms. The molecular formula is C12H23NO5. The third kappa shape index (κ3) is 5.30. The Balaban J connectivity index is 2.25. The molecule has 1 amide bonds. The highest BCUT2D eigenvalue weighted by atomic mass is 16.5. The molecule has 1 aliphatic rings. The smallest absolute Gasteiger partial charge is 0.248 e. The molecule has 0 atom stereocenters. The summed E-state index contributed by atoms with van der Waals surface area (Å²) in [4.78, 5) is 13.3. The SMILES string of the molecule is COCCOCC(=O)N(C)CC1(O)CCOCC1. The van der Waals surface area contributed by atoms with Crippen LogP contribution >= 0.6 is 0 Å². The Hall–Kier alpha value is -0.690. The van der Waals surface area contributed by atoms with E-state index in [9.17, 15) is 9.90 Å². The van der Waals surface area contributed by atoms with E-state index in [2.05, 4.69) is 0 Å². The van der Waals surface area contributed by atoms with Gasteiger partial charge in [-0.3, -0.25) is 4.79 Å². The van der Waals surface area contributed by atoms with Crippen molar-refractivity contribution in [2.24, 2.45) is 0 Å². The Bertz CT molecular complexity index is 253. The van der Waals surface area contributed by atoms with Crippen molar-refractivity contribution in [2.45, 2.75) is 18.4 Å². The van der Waals surface area contributed by atoms with Gasteiger partial charge in [0, 0.05) is 46.8 Å². The lowest BCUT2D eigenvalue weighted by atomic mass is 9.94. The largest absolute Gasteiger partial charge is 0.388 e. The van der Waals surface area contributed by atoms with Gasteiger partial charge in [0.15, 0.2) is 0 Å². The first-order valence-corrected chi connectivity index (χ1v) is 6.18. The van der Waals surface area contributed by atoms with Gasteiger partial charge in [-0.1, -0.05) is 0 Å². The number of hydrogen-bond donors (Lipinski definition) is 1. The van der Waals surface area contributed by atoms with E-state index in [1.54, 1.807) is 14.2 Å². The van der Waals surface area contributed by atoms with E-state index in [1.165, 1.54) is 4.90 Å². The van der Waals surface area contributed by atoms with Gasteiger partial charge in [-0.15, -0.1) is 0 Å². The van der Waals surface area contributed by atoms with Gasteiger partial charge >= 0.3 is 0 Å². The number of carbonyl (C=O) groups is 1. The molecule has 0 aromatic carbocycles. The van der Waals surface area contributed by atoms with Crippen LogP contribution in [0.4, 0.5) is 0 Å². The predicted molar refractivity (Wildman–Crippen MR) is 65.3 cm³/mol. The lowest BCUT2D eigenvalue weighted by Gasteiger charge is -2.35. The maximum atomic E-state index is 11.7. The number of amides is 1. The summed E-state index contributed by atoms with van der Waals surface area (Å²) >= 11 is 0. The molecule has 6 heteroatoms. The van der Waals surface area contributed by atoms with Crippen molar-refractivity contribution in [1.29, 1.82) is 0 Å². The zero-order valence-electron chi connectivity index (χ0n) is 11.2. The van der Waals surface area contributed by atoms with Crippen LogP contribution in [0.5, 0.6) is 0 Å². The fourth-order valence-electron chi connectivity index (χ4n) is 1.85. The van der Waals surface area contributed by atoms with Crippen molar-refractivity contribution in [3.05, 3.63) is 0 Å². The summed E-state index contributed by atoms with van der Waals surface area (Å²) in [5.74, 6) is -0.133. The van der Waals surface area contributed by atoms with Crippen molar-refractivity contribution in [1.82, 2.24) is 4.90 Å². The third-order valence-electron chi connectivity index (χ3n) is 3.04. The summed E-state index contributed by atoms with van der Waals surface area (Å²) in [7, 11) is 3.26. The van der Waals surface area contributed by atoms with E-state index >= 15 is 0 Å². The molecule has 106 valence electrons. The molecule has 1 saturated heterocycles. The number of ether oxygens (including phenoxy) is 3. The van der Waals surface area contributed by atoms with Crippen LogP contribution in [-0.2, 0) is 19.0 Å². The van der Waals surface area contributed by atoms with Gasteiger partial charge in [0.05, 0.1) is 18.8 Å². The number of rotatable bonds is 7. The van der Waals surface area contributed by atoms with E-state index in [0.29, 0.717) is 45.8 Å². The number of likely N-dealkylation sites (N-methyl/N-ethyl adjacent to an activating group) is 1. The summed E-state index contributed by atoms with van der Waals surface area (Å²) in [6.45, 7) is 2.30. The molecule has 1 N–H and O–H groups in total. The minimum Gasteiger partial charge on any atom is -0.388 e. The molecule has 0 aromatic rings. The summed E-state index contributed by atoms with van der Waals surface area (Å²) in [5, 5.41) is 10.3. The molecule has 0 bridgehead atoms. The fourth-order valence-corrected chi connectivity index (χ4v) is 1.85. The molecule has 6 nitrogen and oxygen atoms in total. The van der Waals surface area contributed by atoms with Gasteiger partial charge in [0.25, 0.3) is 0 Å². The monoisotopic (exact) mass is 261 g/mol. The van der Waals surface area contributed by atoms with Crippen LogP contribution in [0.25, 0.3) is 0 Å². The van der Waals surface area contributed by atoms with Crippen molar-refractivity contribution in [3.63, 3.8) is 0 Å². The highest BCUT2D eigenvalue weighted by molar-refractivity contribution is 5.77. The topological polar surface area (TPSA) is 68.2 Å². The van der Waals surface area contributed by atoms with Crippen molar-refractivity contribution in [3.8, 4) is 0 Å². The molecule has 1 heterocycles. The van der Waals surface area contributed by atoms with Crippen molar-refractivity contribution < 1.29 is 24.1 Å². The van der Waals surface area contributed by atoms with E-state index in [0.717, 1.165) is 0 Å². The van der Waals surface area contributed by atoms with Gasteiger partial charge in [0.1, 0.15) is 6.61 Å². The van der Waals surface area contributed by atoms with E-state index in [1.807, 2.05) is 0 Å². The van der Waals surface area contributed by atoms with Gasteiger partial charge in [-0.2, -0.15) is 0 Å². The first kappa shape index (κ1) is 15.4. The molecule has 1 aliphatic heterocycles. The van der Waals surface area contributed by atoms with Gasteiger partial charge < -0.3 is 24.2 Å². The fraction of sp³-hybridized carbons (Fsp3) is 0.917. The average molecular weight is 261 g/mol. The molecule has 0 spiro atoms. The minimum absolute atomic E-state index is 0.0203. The molecular weight excluding hydrogens is 238 g/mol. The average Bonchev–Trinajstić information content (AvgIpc) is 2.34. The van der Waals surface area contributed by atoms with Crippen LogP contribution in [-0.4, -0.2) is 75.3 Å². The predicted octanol–water partition coefficient (Wildman–Crippen LogP) is -0.351. The van der Waals surface area contributed by atoms with E-state index in [4.69, 9.17) is 14.2 Å². The minimum atomic E-state index is -0.824. The van der Waals surface area contributed by atoms with Crippen molar-refractivity contribution in [2.75, 3.05) is 53.7 Å². The zero-order chi connectivity index (χ0) is 13.4. The van der Waals surface area contributed by atoms with Gasteiger partial charge in [-0.25, -0.2) is 0 Å². The maximum Gasteiger partial charge on any atom is 0.248 e. The first-order valence-electron chi connectivity index (χ1n) is 6.18. The van der Waals surface area contributed by atoms with Crippen molar-refractivity contribution >= 4 is 5.91 Å². The van der Waals surface area contributed by atoms with Crippen LogP contribution in [0.15, 0.2) is 0 Å². The Kier molecular flexibility index (Phi) is 6.56. The van der Waals surface area contributed by atoms with Crippen LogP contribution in [0.1, 0.15) is 12.8 Å². The lowest BCUT2D eigenvalue weighted by Crippen LogP contribution is -2.48. The third-order valence-corrected chi connectivity index (χ3v) is 3.04. The second kappa shape index (κ2) is 7.68.